The first-order valence-electron chi connectivity index (χ1n) is 7.60. The molecule has 0 aliphatic rings. The minimum Gasteiger partial charge on any atom is -0.266 e. The fourth-order valence-corrected chi connectivity index (χ4v) is 4.71. The fraction of sp³-hybridized carbons (Fsp3) is 0.0625. The Morgan fingerprint density at radius 1 is 0.966 bits per heavy atom. The highest BCUT2D eigenvalue weighted by Crippen LogP contribution is 2.31. The molecule has 3 rings (SSSR count). The van der Waals surface area contributed by atoms with Crippen LogP contribution in [0.15, 0.2) is 35.2 Å². The molecule has 1 aromatic heterocycles. The second-order valence-corrected chi connectivity index (χ2v) is 9.38. The van der Waals surface area contributed by atoms with Crippen LogP contribution in [0.2, 0.25) is 25.1 Å². The Balaban J connectivity index is 1.95. The molecule has 1 heterocycles. The summed E-state index contributed by atoms with van der Waals surface area (Å²) in [6.07, 6.45) is 0. The zero-order valence-corrected chi connectivity index (χ0v) is 18.8. The van der Waals surface area contributed by atoms with E-state index >= 15 is 0 Å². The molecule has 0 spiro atoms. The van der Waals surface area contributed by atoms with Crippen LogP contribution in [0, 0.1) is 6.92 Å². The normalized spacial score (nSPS) is 11.5. The molecule has 1 N–H and O–H groups in total. The van der Waals surface area contributed by atoms with Crippen molar-refractivity contribution < 1.29 is 13.2 Å². The van der Waals surface area contributed by atoms with Gasteiger partial charge in [-0.2, -0.15) is 0 Å². The number of halogens is 5. The number of aromatic nitrogens is 3. The van der Waals surface area contributed by atoms with Gasteiger partial charge in [0.1, 0.15) is 4.90 Å². The van der Waals surface area contributed by atoms with Crippen molar-refractivity contribution in [3.63, 3.8) is 0 Å². The number of amides is 1. The van der Waals surface area contributed by atoms with E-state index in [4.69, 9.17) is 58.0 Å². The van der Waals surface area contributed by atoms with Crippen molar-refractivity contribution in [2.45, 2.75) is 11.8 Å². The largest absolute Gasteiger partial charge is 0.287 e. The lowest BCUT2D eigenvalue weighted by molar-refractivity contribution is 0.0976. The molecule has 1 amide bonds. The summed E-state index contributed by atoms with van der Waals surface area (Å²) in [6, 6.07) is 6.62. The molecule has 0 aliphatic heterocycles. The second-order valence-electron chi connectivity index (χ2n) is 5.66. The third-order valence-corrected chi connectivity index (χ3v) is 6.81. The summed E-state index contributed by atoms with van der Waals surface area (Å²) >= 11 is 29.8. The Morgan fingerprint density at radius 3 is 2.28 bits per heavy atom. The predicted molar refractivity (Wildman–Crippen MR) is 112 cm³/mol. The van der Waals surface area contributed by atoms with E-state index in [1.807, 2.05) is 4.72 Å². The number of rotatable bonds is 4. The maximum atomic E-state index is 12.5. The minimum atomic E-state index is -4.28. The summed E-state index contributed by atoms with van der Waals surface area (Å²) in [6.45, 7) is 1.51. The van der Waals surface area contributed by atoms with Gasteiger partial charge in [0, 0.05) is 5.02 Å². The molecule has 2 aromatic carbocycles. The van der Waals surface area contributed by atoms with E-state index in [9.17, 15) is 13.2 Å². The Labute approximate surface area is 190 Å². The van der Waals surface area contributed by atoms with Crippen molar-refractivity contribution in [2.24, 2.45) is 0 Å². The maximum Gasteiger partial charge on any atom is 0.287 e. The molecular weight excluding hydrogens is 506 g/mol. The molecule has 0 bridgehead atoms. The topological polar surface area (TPSA) is 93.9 Å². The minimum absolute atomic E-state index is 0.138. The van der Waals surface area contributed by atoms with Crippen molar-refractivity contribution in [1.29, 1.82) is 0 Å². The van der Waals surface area contributed by atoms with Crippen LogP contribution in [-0.4, -0.2) is 29.3 Å². The molecule has 0 saturated heterocycles. The van der Waals surface area contributed by atoms with E-state index < -0.39 is 15.9 Å². The first-order chi connectivity index (χ1) is 13.5. The summed E-state index contributed by atoms with van der Waals surface area (Å²) in [5.41, 5.74) is 0.301. The van der Waals surface area contributed by atoms with Crippen LogP contribution in [0.1, 0.15) is 16.2 Å². The summed E-state index contributed by atoms with van der Waals surface area (Å²) in [5, 5.41) is 8.37. The smallest absolute Gasteiger partial charge is 0.266 e. The van der Waals surface area contributed by atoms with Crippen molar-refractivity contribution in [2.75, 3.05) is 0 Å². The van der Waals surface area contributed by atoms with Crippen molar-refractivity contribution in [3.8, 4) is 5.69 Å². The molecule has 29 heavy (non-hydrogen) atoms. The maximum absolute atomic E-state index is 12.5. The van der Waals surface area contributed by atoms with Gasteiger partial charge in [-0.15, -0.1) is 5.10 Å². The zero-order valence-electron chi connectivity index (χ0n) is 14.3. The van der Waals surface area contributed by atoms with Gasteiger partial charge in [-0.1, -0.05) is 63.2 Å². The Bertz CT molecular complexity index is 1240. The van der Waals surface area contributed by atoms with Gasteiger partial charge < -0.3 is 0 Å². The van der Waals surface area contributed by atoms with Crippen LogP contribution in [0.25, 0.3) is 5.69 Å². The van der Waals surface area contributed by atoms with Crippen LogP contribution in [0.3, 0.4) is 0 Å². The van der Waals surface area contributed by atoms with Gasteiger partial charge in [0.05, 0.1) is 31.5 Å². The summed E-state index contributed by atoms with van der Waals surface area (Å²) in [7, 11) is -4.28. The van der Waals surface area contributed by atoms with Gasteiger partial charge in [0.25, 0.3) is 15.9 Å². The standard InChI is InChI=1S/C16H9Cl5N4O3S/c1-7-15(22-24-25(7)13-6-10(19)9(18)5-11(13)20)16(26)23-29(27,28)14-3-2-8(17)4-12(14)21/h2-6H,1H3,(H,23,26). The van der Waals surface area contributed by atoms with Gasteiger partial charge >= 0.3 is 0 Å². The monoisotopic (exact) mass is 512 g/mol. The third kappa shape index (κ3) is 4.47. The zero-order chi connectivity index (χ0) is 21.5. The van der Waals surface area contributed by atoms with Crippen molar-refractivity contribution >= 4 is 73.9 Å². The number of hydrogen-bond acceptors (Lipinski definition) is 5. The van der Waals surface area contributed by atoms with E-state index in [-0.39, 0.29) is 41.4 Å². The number of sulfonamides is 1. The highest BCUT2D eigenvalue weighted by atomic mass is 35.5. The highest BCUT2D eigenvalue weighted by molar-refractivity contribution is 7.90. The Kier molecular flexibility index (Phi) is 6.33. The van der Waals surface area contributed by atoms with E-state index in [1.54, 1.807) is 0 Å². The number of carbonyl (C=O) groups is 1. The number of hydrogen-bond donors (Lipinski definition) is 1. The van der Waals surface area contributed by atoms with Crippen LogP contribution < -0.4 is 4.72 Å². The number of nitrogens with zero attached hydrogens (tertiary/aromatic N) is 3. The molecule has 0 fully saturated rings. The van der Waals surface area contributed by atoms with Gasteiger partial charge in [-0.3, -0.25) is 4.79 Å². The third-order valence-electron chi connectivity index (χ3n) is 3.74. The van der Waals surface area contributed by atoms with Crippen LogP contribution >= 0.6 is 58.0 Å². The average molecular weight is 515 g/mol. The van der Waals surface area contributed by atoms with Gasteiger partial charge in [-0.25, -0.2) is 17.8 Å². The van der Waals surface area contributed by atoms with Gasteiger partial charge in [0.2, 0.25) is 0 Å². The van der Waals surface area contributed by atoms with E-state index in [2.05, 4.69) is 10.3 Å². The summed E-state index contributed by atoms with van der Waals surface area (Å²) in [4.78, 5) is 12.2. The van der Waals surface area contributed by atoms with Crippen LogP contribution in [0.4, 0.5) is 0 Å². The molecular formula is C16H9Cl5N4O3S. The van der Waals surface area contributed by atoms with E-state index in [0.717, 1.165) is 0 Å². The number of nitrogens with one attached hydrogen (secondary N) is 1. The lowest BCUT2D eigenvalue weighted by Crippen LogP contribution is -2.31. The molecule has 152 valence electrons. The average Bonchev–Trinajstić information content (AvgIpc) is 2.99. The van der Waals surface area contributed by atoms with Gasteiger partial charge in [-0.05, 0) is 37.3 Å². The van der Waals surface area contributed by atoms with Crippen molar-refractivity contribution in [3.05, 3.63) is 66.8 Å². The highest BCUT2D eigenvalue weighted by Gasteiger charge is 2.26. The molecule has 0 atom stereocenters. The molecule has 3 aromatic rings. The molecule has 0 saturated carbocycles. The quantitative estimate of drug-likeness (QED) is 0.497. The lowest BCUT2D eigenvalue weighted by atomic mass is 10.3. The van der Waals surface area contributed by atoms with E-state index in [0.29, 0.717) is 5.69 Å². The Morgan fingerprint density at radius 2 is 1.62 bits per heavy atom. The van der Waals surface area contributed by atoms with Crippen molar-refractivity contribution in [1.82, 2.24) is 19.7 Å². The molecule has 7 nitrogen and oxygen atoms in total. The summed E-state index contributed by atoms with van der Waals surface area (Å²) in [5.74, 6) is -1.00. The molecule has 0 aliphatic carbocycles. The Hall–Kier alpha value is -1.55. The fourth-order valence-electron chi connectivity index (χ4n) is 2.36. The summed E-state index contributed by atoms with van der Waals surface area (Å²) < 4.78 is 28.1. The SMILES string of the molecule is Cc1c(C(=O)NS(=O)(=O)c2ccc(Cl)cc2Cl)nnn1-c1cc(Cl)c(Cl)cc1Cl. The van der Waals surface area contributed by atoms with Gasteiger partial charge in [0.15, 0.2) is 5.69 Å². The van der Waals surface area contributed by atoms with E-state index in [1.165, 1.54) is 41.9 Å². The molecule has 13 heteroatoms. The lowest BCUT2D eigenvalue weighted by Gasteiger charge is -2.09. The van der Waals surface area contributed by atoms with Crippen LogP contribution in [-0.2, 0) is 10.0 Å². The first-order valence-corrected chi connectivity index (χ1v) is 11.0. The number of benzene rings is 2. The van der Waals surface area contributed by atoms with Crippen LogP contribution in [0.5, 0.6) is 0 Å². The number of carbonyl (C=O) groups excluding carboxylic acids is 1. The predicted octanol–water partition coefficient (Wildman–Crippen LogP) is 4.96. The molecule has 0 unspecified atom stereocenters. The second kappa shape index (κ2) is 8.29. The first kappa shape index (κ1) is 22.1. The molecule has 0 radical (unpaired) electrons.